The molecule has 0 saturated carbocycles. The van der Waals surface area contributed by atoms with E-state index in [2.05, 4.69) is 9.97 Å². The Balaban J connectivity index is 2.20. The van der Waals surface area contributed by atoms with Crippen molar-refractivity contribution in [1.82, 2.24) is 14.5 Å². The van der Waals surface area contributed by atoms with E-state index < -0.39 is 5.82 Å². The van der Waals surface area contributed by atoms with E-state index in [0.717, 1.165) is 5.52 Å². The molecule has 0 amide bonds. The molecule has 0 spiro atoms. The number of hydrogen-bond donors (Lipinski definition) is 1. The largest absolute Gasteiger partial charge is 0.397 e. The number of anilines is 3. The standard InChI is InChI=1S/C16H15FN6/c1-9-7-20-12(6-18)14(17)16(9)23(3)10-4-11(19)15-13(5-10)22(2)8-21-15/h4-5,7-8H,19H2,1-3H3. The van der Waals surface area contributed by atoms with E-state index in [1.165, 1.54) is 6.20 Å². The van der Waals surface area contributed by atoms with E-state index >= 15 is 0 Å². The lowest BCUT2D eigenvalue weighted by Crippen LogP contribution is -2.15. The third-order valence-corrected chi connectivity index (χ3v) is 3.85. The van der Waals surface area contributed by atoms with Crippen LogP contribution in [0.3, 0.4) is 0 Å². The highest BCUT2D eigenvalue weighted by atomic mass is 19.1. The molecule has 0 aliphatic rings. The number of fused-ring (bicyclic) bond motifs is 1. The Morgan fingerprint density at radius 1 is 1.35 bits per heavy atom. The second-order valence-corrected chi connectivity index (χ2v) is 5.38. The minimum Gasteiger partial charge on any atom is -0.397 e. The van der Waals surface area contributed by atoms with E-state index in [0.29, 0.717) is 28.1 Å². The highest BCUT2D eigenvalue weighted by Gasteiger charge is 2.19. The minimum absolute atomic E-state index is 0.230. The van der Waals surface area contributed by atoms with Gasteiger partial charge in [0, 0.05) is 26.0 Å². The van der Waals surface area contributed by atoms with E-state index in [1.54, 1.807) is 37.3 Å². The molecule has 2 N–H and O–H groups in total. The van der Waals surface area contributed by atoms with E-state index in [9.17, 15) is 4.39 Å². The normalized spacial score (nSPS) is 10.7. The van der Waals surface area contributed by atoms with Crippen molar-refractivity contribution in [2.45, 2.75) is 6.92 Å². The number of pyridine rings is 1. The fraction of sp³-hybridized carbons (Fsp3) is 0.188. The summed E-state index contributed by atoms with van der Waals surface area (Å²) in [5.41, 5.74) is 9.53. The Labute approximate surface area is 132 Å². The Kier molecular flexibility index (Phi) is 3.37. The van der Waals surface area contributed by atoms with Crippen molar-refractivity contribution < 1.29 is 4.39 Å². The number of nitriles is 1. The summed E-state index contributed by atoms with van der Waals surface area (Å²) < 4.78 is 16.4. The molecule has 0 fully saturated rings. The van der Waals surface area contributed by atoms with Crippen LogP contribution >= 0.6 is 0 Å². The average molecular weight is 310 g/mol. The molecule has 1 aromatic carbocycles. The van der Waals surface area contributed by atoms with Crippen LogP contribution in [0, 0.1) is 24.1 Å². The fourth-order valence-electron chi connectivity index (χ4n) is 2.62. The maximum absolute atomic E-state index is 14.5. The number of aromatic nitrogens is 3. The van der Waals surface area contributed by atoms with Crippen LogP contribution in [0.5, 0.6) is 0 Å². The number of rotatable bonds is 2. The zero-order valence-electron chi connectivity index (χ0n) is 13.0. The number of aryl methyl sites for hydroxylation is 2. The van der Waals surface area contributed by atoms with Crippen molar-refractivity contribution in [3.63, 3.8) is 0 Å². The van der Waals surface area contributed by atoms with Gasteiger partial charge in [0.05, 0.1) is 23.2 Å². The molecule has 23 heavy (non-hydrogen) atoms. The van der Waals surface area contributed by atoms with Crippen LogP contribution in [0.25, 0.3) is 11.0 Å². The summed E-state index contributed by atoms with van der Waals surface area (Å²) in [7, 11) is 3.59. The minimum atomic E-state index is -0.640. The second kappa shape index (κ2) is 5.25. The third kappa shape index (κ3) is 2.25. The maximum atomic E-state index is 14.5. The number of nitrogens with zero attached hydrogens (tertiary/aromatic N) is 5. The smallest absolute Gasteiger partial charge is 0.183 e. The van der Waals surface area contributed by atoms with Crippen molar-refractivity contribution >= 4 is 28.1 Å². The van der Waals surface area contributed by atoms with Crippen molar-refractivity contribution in [3.05, 3.63) is 41.7 Å². The molecular formula is C16H15FN6. The van der Waals surface area contributed by atoms with Crippen molar-refractivity contribution in [1.29, 1.82) is 5.26 Å². The van der Waals surface area contributed by atoms with E-state index in [-0.39, 0.29) is 5.69 Å². The first-order valence-electron chi connectivity index (χ1n) is 6.93. The van der Waals surface area contributed by atoms with Gasteiger partial charge in [-0.25, -0.2) is 14.4 Å². The number of nitrogens with two attached hydrogens (primary N) is 1. The predicted molar refractivity (Wildman–Crippen MR) is 86.8 cm³/mol. The van der Waals surface area contributed by atoms with Gasteiger partial charge < -0.3 is 15.2 Å². The van der Waals surface area contributed by atoms with Crippen LogP contribution in [-0.4, -0.2) is 21.6 Å². The first-order valence-corrected chi connectivity index (χ1v) is 6.93. The van der Waals surface area contributed by atoms with Gasteiger partial charge in [0.2, 0.25) is 0 Å². The molecule has 7 heteroatoms. The molecule has 0 atom stereocenters. The predicted octanol–water partition coefficient (Wildman–Crippen LogP) is 2.64. The lowest BCUT2D eigenvalue weighted by molar-refractivity contribution is 0.615. The Morgan fingerprint density at radius 3 is 2.78 bits per heavy atom. The Hall–Kier alpha value is -3.14. The Bertz CT molecular complexity index is 953. The highest BCUT2D eigenvalue weighted by molar-refractivity contribution is 5.92. The van der Waals surface area contributed by atoms with Crippen LogP contribution in [0.15, 0.2) is 24.7 Å². The zero-order chi connectivity index (χ0) is 16.7. The summed E-state index contributed by atoms with van der Waals surface area (Å²) in [6, 6.07) is 5.38. The lowest BCUT2D eigenvalue weighted by Gasteiger charge is -2.23. The third-order valence-electron chi connectivity index (χ3n) is 3.85. The van der Waals surface area contributed by atoms with Gasteiger partial charge in [0.1, 0.15) is 11.6 Å². The SMILES string of the molecule is Cc1cnc(C#N)c(F)c1N(C)c1cc(N)c2ncn(C)c2c1. The summed E-state index contributed by atoms with van der Waals surface area (Å²) >= 11 is 0. The molecule has 0 bridgehead atoms. The second-order valence-electron chi connectivity index (χ2n) is 5.38. The summed E-state index contributed by atoms with van der Waals surface area (Å²) in [6.07, 6.45) is 3.16. The van der Waals surface area contributed by atoms with Gasteiger partial charge in [-0.05, 0) is 24.6 Å². The number of benzene rings is 1. The molecule has 116 valence electrons. The van der Waals surface area contributed by atoms with Gasteiger partial charge in [-0.2, -0.15) is 5.26 Å². The van der Waals surface area contributed by atoms with Crippen LogP contribution in [0.4, 0.5) is 21.5 Å². The number of nitrogen functional groups attached to an aromatic ring is 1. The zero-order valence-corrected chi connectivity index (χ0v) is 13.0. The van der Waals surface area contributed by atoms with E-state index in [4.69, 9.17) is 11.0 Å². The number of hydrogen-bond acceptors (Lipinski definition) is 5. The van der Waals surface area contributed by atoms with Gasteiger partial charge in [-0.1, -0.05) is 0 Å². The molecule has 0 saturated heterocycles. The quantitative estimate of drug-likeness (QED) is 0.736. The maximum Gasteiger partial charge on any atom is 0.183 e. The highest BCUT2D eigenvalue weighted by Crippen LogP contribution is 2.33. The summed E-state index contributed by atoms with van der Waals surface area (Å²) in [4.78, 5) is 9.71. The summed E-state index contributed by atoms with van der Waals surface area (Å²) in [5, 5.41) is 8.98. The Morgan fingerprint density at radius 2 is 2.09 bits per heavy atom. The lowest BCUT2D eigenvalue weighted by atomic mass is 10.1. The molecule has 6 nitrogen and oxygen atoms in total. The molecule has 3 aromatic rings. The van der Waals surface area contributed by atoms with Crippen molar-refractivity contribution in [2.75, 3.05) is 17.7 Å². The first kappa shape index (κ1) is 14.8. The van der Waals surface area contributed by atoms with Gasteiger partial charge >= 0.3 is 0 Å². The average Bonchev–Trinajstić information content (AvgIpc) is 2.89. The van der Waals surface area contributed by atoms with Gasteiger partial charge in [0.15, 0.2) is 11.5 Å². The molecule has 0 aliphatic heterocycles. The fourth-order valence-corrected chi connectivity index (χ4v) is 2.62. The van der Waals surface area contributed by atoms with Crippen molar-refractivity contribution in [2.24, 2.45) is 7.05 Å². The monoisotopic (exact) mass is 310 g/mol. The molecular weight excluding hydrogens is 295 g/mol. The molecule has 3 rings (SSSR count). The van der Waals surface area contributed by atoms with Gasteiger partial charge in [-0.3, -0.25) is 0 Å². The molecule has 2 heterocycles. The first-order chi connectivity index (χ1) is 10.9. The molecule has 0 unspecified atom stereocenters. The summed E-state index contributed by atoms with van der Waals surface area (Å²) in [6.45, 7) is 1.75. The van der Waals surface area contributed by atoms with Gasteiger partial charge in [-0.15, -0.1) is 0 Å². The number of imidazole rings is 1. The summed E-state index contributed by atoms with van der Waals surface area (Å²) in [5.74, 6) is -0.640. The molecule has 0 radical (unpaired) electrons. The van der Waals surface area contributed by atoms with Crippen LogP contribution in [-0.2, 0) is 7.05 Å². The molecule has 0 aliphatic carbocycles. The van der Waals surface area contributed by atoms with Crippen LogP contribution in [0.2, 0.25) is 0 Å². The number of halogens is 1. The van der Waals surface area contributed by atoms with E-state index in [1.807, 2.05) is 17.7 Å². The van der Waals surface area contributed by atoms with Crippen molar-refractivity contribution in [3.8, 4) is 6.07 Å². The molecule has 2 aromatic heterocycles. The topological polar surface area (TPSA) is 83.8 Å². The van der Waals surface area contributed by atoms with Crippen LogP contribution < -0.4 is 10.6 Å². The van der Waals surface area contributed by atoms with Crippen LogP contribution in [0.1, 0.15) is 11.3 Å². The van der Waals surface area contributed by atoms with Gasteiger partial charge in [0.25, 0.3) is 0 Å².